The van der Waals surface area contributed by atoms with Crippen LogP contribution in [0.2, 0.25) is 0 Å². The van der Waals surface area contributed by atoms with E-state index in [1.54, 1.807) is 0 Å². The van der Waals surface area contributed by atoms with Crippen molar-refractivity contribution in [2.45, 2.75) is 227 Å². The summed E-state index contributed by atoms with van der Waals surface area (Å²) in [6.07, 6.45) is -9.07. The van der Waals surface area contributed by atoms with E-state index < -0.39 is 124 Å². The van der Waals surface area contributed by atoms with Gasteiger partial charge in [0.15, 0.2) is 18.9 Å². The van der Waals surface area contributed by atoms with Crippen LogP contribution in [0.1, 0.15) is 123 Å². The molecule has 19 heteroatoms. The first kappa shape index (κ1) is 53.1. The van der Waals surface area contributed by atoms with Crippen molar-refractivity contribution in [2.24, 2.45) is 0 Å². The van der Waals surface area contributed by atoms with Crippen LogP contribution in [0.5, 0.6) is 0 Å². The second kappa shape index (κ2) is 28.6. The van der Waals surface area contributed by atoms with Crippen LogP contribution in [0.25, 0.3) is 0 Å². The molecule has 3 aliphatic rings. The molecule has 17 atom stereocenters. The minimum atomic E-state index is -1.96. The lowest BCUT2D eigenvalue weighted by atomic mass is 9.96. The molecule has 3 aliphatic heterocycles. The maximum atomic E-state index is 12.7. The summed E-state index contributed by atoms with van der Waals surface area (Å²) in [4.78, 5) is 12.7. The molecule has 17 unspecified atom stereocenters. The number of aliphatic hydroxyl groups excluding tert-OH is 11. The molecule has 0 radical (unpaired) electrons. The van der Waals surface area contributed by atoms with Crippen LogP contribution in [0, 0.1) is 0 Å². The summed E-state index contributed by atoms with van der Waals surface area (Å²) >= 11 is 0. The molecule has 0 aromatic rings. The van der Waals surface area contributed by atoms with Crippen LogP contribution in [0.15, 0.2) is 0 Å². The Labute approximate surface area is 353 Å². The molecule has 1 amide bonds. The third-order valence-corrected chi connectivity index (χ3v) is 11.7. The summed E-state index contributed by atoms with van der Waals surface area (Å²) in [5, 5.41) is 119. The van der Waals surface area contributed by atoms with Crippen LogP contribution in [-0.4, -0.2) is 193 Å². The number of amides is 1. The zero-order valence-corrected chi connectivity index (χ0v) is 35.4. The Kier molecular flexibility index (Phi) is 25.3. The Morgan fingerprint density at radius 1 is 0.533 bits per heavy atom. The van der Waals surface area contributed by atoms with Gasteiger partial charge in [-0.2, -0.15) is 0 Å². The van der Waals surface area contributed by atoms with Crippen LogP contribution >= 0.6 is 0 Å². The van der Waals surface area contributed by atoms with Crippen LogP contribution in [-0.2, 0) is 33.2 Å². The molecular weight excluding hydrogens is 794 g/mol. The first-order valence-corrected chi connectivity index (χ1v) is 22.3. The fourth-order valence-corrected chi connectivity index (χ4v) is 7.82. The van der Waals surface area contributed by atoms with Gasteiger partial charge in [0, 0.05) is 6.42 Å². The Hall–Kier alpha value is -1.21. The Morgan fingerprint density at radius 2 is 0.950 bits per heavy atom. The molecule has 19 nitrogen and oxygen atoms in total. The SMILES string of the molecule is CCCCCCCCCCCCCCCC(O)C(COC1OC(CO)C(OC2OC(CO)C(OC3OC(CO)C(O)C(O)C3O)C(O)C2O)C(O)C1O)NC(=O)CCCC. The van der Waals surface area contributed by atoms with Gasteiger partial charge in [0.1, 0.15) is 73.2 Å². The molecule has 0 aromatic carbocycles. The summed E-state index contributed by atoms with van der Waals surface area (Å²) < 4.78 is 33.8. The summed E-state index contributed by atoms with van der Waals surface area (Å²) in [7, 11) is 0. The highest BCUT2D eigenvalue weighted by atomic mass is 16.8. The zero-order valence-electron chi connectivity index (χ0n) is 35.4. The topological polar surface area (TPSA) is 307 Å². The smallest absolute Gasteiger partial charge is 0.220 e. The quantitative estimate of drug-likeness (QED) is 0.0400. The zero-order chi connectivity index (χ0) is 44.2. The van der Waals surface area contributed by atoms with Crippen LogP contribution < -0.4 is 5.32 Å². The van der Waals surface area contributed by atoms with E-state index in [-0.39, 0.29) is 18.9 Å². The van der Waals surface area contributed by atoms with Crippen molar-refractivity contribution in [1.82, 2.24) is 5.32 Å². The summed E-state index contributed by atoms with van der Waals surface area (Å²) in [5.41, 5.74) is 0. The Morgan fingerprint density at radius 3 is 1.43 bits per heavy atom. The summed E-state index contributed by atoms with van der Waals surface area (Å²) in [6.45, 7) is 1.47. The van der Waals surface area contributed by atoms with Gasteiger partial charge in [-0.05, 0) is 12.8 Å². The fraction of sp³-hybridized carbons (Fsp3) is 0.976. The fourth-order valence-electron chi connectivity index (χ4n) is 7.82. The summed E-state index contributed by atoms with van der Waals surface area (Å²) in [6, 6.07) is -0.873. The van der Waals surface area contributed by atoms with Gasteiger partial charge in [0.25, 0.3) is 0 Å². The van der Waals surface area contributed by atoms with E-state index in [1.165, 1.54) is 57.8 Å². The molecule has 0 aliphatic carbocycles. The number of unbranched alkanes of at least 4 members (excludes halogenated alkanes) is 13. The molecule has 3 rings (SSSR count). The second-order valence-corrected chi connectivity index (χ2v) is 16.5. The van der Waals surface area contributed by atoms with Crippen molar-refractivity contribution in [3.63, 3.8) is 0 Å². The monoisotopic (exact) mass is 872 g/mol. The molecular formula is C41H77NO18. The van der Waals surface area contributed by atoms with Crippen LogP contribution in [0.4, 0.5) is 0 Å². The van der Waals surface area contributed by atoms with Crippen molar-refractivity contribution in [1.29, 1.82) is 0 Å². The molecule has 3 heterocycles. The first-order valence-electron chi connectivity index (χ1n) is 22.3. The number of hydrogen-bond acceptors (Lipinski definition) is 18. The van der Waals surface area contributed by atoms with Gasteiger partial charge in [0.2, 0.25) is 5.91 Å². The number of rotatable bonds is 29. The lowest BCUT2D eigenvalue weighted by Gasteiger charge is -2.48. The van der Waals surface area contributed by atoms with Crippen molar-refractivity contribution < 1.29 is 89.4 Å². The average Bonchev–Trinajstić information content (AvgIpc) is 3.24. The largest absolute Gasteiger partial charge is 0.394 e. The minimum absolute atomic E-state index is 0.243. The average molecular weight is 872 g/mol. The minimum Gasteiger partial charge on any atom is -0.394 e. The van der Waals surface area contributed by atoms with Gasteiger partial charge in [-0.3, -0.25) is 4.79 Å². The van der Waals surface area contributed by atoms with E-state index in [4.69, 9.17) is 28.4 Å². The second-order valence-electron chi connectivity index (χ2n) is 16.5. The Bertz CT molecular complexity index is 1140. The summed E-state index contributed by atoms with van der Waals surface area (Å²) in [5.74, 6) is -0.281. The number of aliphatic hydroxyl groups is 11. The molecule has 0 saturated carbocycles. The predicted octanol–water partition coefficient (Wildman–Crippen LogP) is -1.03. The number of hydrogen-bond donors (Lipinski definition) is 12. The molecule has 3 saturated heterocycles. The lowest BCUT2D eigenvalue weighted by molar-refractivity contribution is -0.379. The van der Waals surface area contributed by atoms with E-state index in [0.717, 1.165) is 32.1 Å². The molecule has 3 fully saturated rings. The van der Waals surface area contributed by atoms with E-state index in [0.29, 0.717) is 12.8 Å². The van der Waals surface area contributed by atoms with E-state index >= 15 is 0 Å². The lowest BCUT2D eigenvalue weighted by Crippen LogP contribution is -2.66. The number of carbonyl (C=O) groups is 1. The number of ether oxygens (including phenoxy) is 6. The van der Waals surface area contributed by atoms with Gasteiger partial charge in [-0.15, -0.1) is 0 Å². The molecule has 0 spiro atoms. The molecule has 12 N–H and O–H groups in total. The third kappa shape index (κ3) is 16.1. The van der Waals surface area contributed by atoms with E-state index in [1.807, 2.05) is 6.92 Å². The molecule has 0 aromatic heterocycles. The van der Waals surface area contributed by atoms with Crippen LogP contribution in [0.3, 0.4) is 0 Å². The van der Waals surface area contributed by atoms with Gasteiger partial charge in [0.05, 0.1) is 38.6 Å². The van der Waals surface area contributed by atoms with E-state index in [9.17, 15) is 61.0 Å². The van der Waals surface area contributed by atoms with Gasteiger partial charge < -0.3 is 89.9 Å². The number of nitrogens with one attached hydrogen (secondary N) is 1. The standard InChI is InChI=1S/C41H77NO18/c1-3-5-7-8-9-10-11-12-13-14-15-16-17-18-25(46)24(42-29(47)19-6-4-2)23-55-39-35(53)32(50)37(27(21-44)57-39)60-41-36(54)33(51)38(28(22-45)58-41)59-40-34(52)31(49)30(48)26(20-43)56-40/h24-28,30-41,43-46,48-54H,3-23H2,1-2H3,(H,42,47). The predicted molar refractivity (Wildman–Crippen MR) is 213 cm³/mol. The normalized spacial score (nSPS) is 35.9. The highest BCUT2D eigenvalue weighted by molar-refractivity contribution is 5.76. The number of carbonyl (C=O) groups excluding carboxylic acids is 1. The van der Waals surface area contributed by atoms with Gasteiger partial charge in [-0.25, -0.2) is 0 Å². The maximum absolute atomic E-state index is 12.7. The highest BCUT2D eigenvalue weighted by Gasteiger charge is 2.53. The maximum Gasteiger partial charge on any atom is 0.220 e. The highest BCUT2D eigenvalue weighted by Crippen LogP contribution is 2.33. The van der Waals surface area contributed by atoms with Crippen molar-refractivity contribution in [2.75, 3.05) is 26.4 Å². The molecule has 0 bridgehead atoms. The third-order valence-electron chi connectivity index (χ3n) is 11.7. The van der Waals surface area contributed by atoms with Gasteiger partial charge in [-0.1, -0.05) is 104 Å². The molecule has 60 heavy (non-hydrogen) atoms. The van der Waals surface area contributed by atoms with Crippen molar-refractivity contribution in [3.8, 4) is 0 Å². The van der Waals surface area contributed by atoms with Crippen molar-refractivity contribution >= 4 is 5.91 Å². The molecule has 354 valence electrons. The Balaban J connectivity index is 1.53. The first-order chi connectivity index (χ1) is 28.8. The van der Waals surface area contributed by atoms with Crippen molar-refractivity contribution in [3.05, 3.63) is 0 Å². The van der Waals surface area contributed by atoms with E-state index in [2.05, 4.69) is 12.2 Å². The van der Waals surface area contributed by atoms with Gasteiger partial charge >= 0.3 is 0 Å².